The van der Waals surface area contributed by atoms with Crippen LogP contribution in [-0.4, -0.2) is 79.4 Å². The number of nitrogens with two attached hydrogens (primary N) is 1. The van der Waals surface area contributed by atoms with E-state index < -0.39 is 9.84 Å². The van der Waals surface area contributed by atoms with Crippen molar-refractivity contribution in [2.75, 3.05) is 19.1 Å². The lowest BCUT2D eigenvalue weighted by molar-refractivity contribution is 0.0556. The first-order valence-corrected chi connectivity index (χ1v) is 16.2. The van der Waals surface area contributed by atoms with Crippen LogP contribution in [0.3, 0.4) is 0 Å². The number of amides is 1. The van der Waals surface area contributed by atoms with Crippen molar-refractivity contribution < 1.29 is 17.9 Å². The molecule has 5 aromatic rings. The molecule has 2 fully saturated rings. The molecule has 1 unspecified atom stereocenters. The van der Waals surface area contributed by atoms with E-state index in [1.165, 1.54) is 4.52 Å². The van der Waals surface area contributed by atoms with Crippen LogP contribution in [0.25, 0.3) is 28.0 Å². The normalized spacial score (nSPS) is 19.9. The Balaban J connectivity index is 1.25. The Kier molecular flexibility index (Phi) is 6.61. The zero-order valence-electron chi connectivity index (χ0n) is 24.4. The van der Waals surface area contributed by atoms with E-state index in [0.717, 1.165) is 41.7 Å². The minimum Gasteiger partial charge on any atom is -0.497 e. The number of ether oxygens (including phenoxy) is 1. The molecule has 2 bridgehead atoms. The molecular formula is C30H31N9O4S. The minimum atomic E-state index is -3.76. The number of carbonyl (C=O) groups is 1. The van der Waals surface area contributed by atoms with Gasteiger partial charge in [0, 0.05) is 47.1 Å². The van der Waals surface area contributed by atoms with Crippen molar-refractivity contribution >= 4 is 27.2 Å². The number of sulfone groups is 1. The zero-order chi connectivity index (χ0) is 30.7. The smallest absolute Gasteiger partial charge is 0.294 e. The van der Waals surface area contributed by atoms with Gasteiger partial charge in [0.05, 0.1) is 24.7 Å². The summed E-state index contributed by atoms with van der Waals surface area (Å²) in [5.74, 6) is 1.07. The maximum absolute atomic E-state index is 13.3. The molecule has 1 amide bonds. The number of benzene rings is 1. The Bertz CT molecular complexity index is 1990. The van der Waals surface area contributed by atoms with Crippen molar-refractivity contribution in [2.45, 2.75) is 55.5 Å². The molecule has 44 heavy (non-hydrogen) atoms. The van der Waals surface area contributed by atoms with Crippen molar-refractivity contribution in [3.8, 4) is 28.1 Å². The number of fused-ring (bicyclic) bond motifs is 3. The number of aromatic nitrogens is 7. The second-order valence-electron chi connectivity index (χ2n) is 11.4. The predicted molar refractivity (Wildman–Crippen MR) is 162 cm³/mol. The monoisotopic (exact) mass is 613 g/mol. The average molecular weight is 614 g/mol. The first-order valence-electron chi connectivity index (χ1n) is 14.3. The van der Waals surface area contributed by atoms with Gasteiger partial charge in [0.2, 0.25) is 5.82 Å². The Labute approximate surface area is 253 Å². The van der Waals surface area contributed by atoms with Gasteiger partial charge in [-0.3, -0.25) is 14.9 Å². The standard InChI is InChI=1S/C30H31N9O4S/c1-16-34-28(37-36-16)30(40)38-20-7-8-21(38)13-19(12-20)25-26(44(3,41)42)27(31)39-29(35-25)23(15-33-39)18-6-11-24(32-14-18)17-4-9-22(43-2)10-5-17/h4-6,9-11,14-15,19-21H,7-8,12-13,31H2,1-3H3,(H,34,36,37)/t19?,20-,21+. The molecule has 6 heterocycles. The fraction of sp³-hybridized carbons (Fsp3) is 0.333. The van der Waals surface area contributed by atoms with Gasteiger partial charge in [0.25, 0.3) is 5.91 Å². The van der Waals surface area contributed by atoms with Crippen LogP contribution in [0.15, 0.2) is 53.7 Å². The number of rotatable bonds is 6. The maximum Gasteiger partial charge on any atom is 0.294 e. The molecular weight excluding hydrogens is 582 g/mol. The van der Waals surface area contributed by atoms with Crippen molar-refractivity contribution in [3.63, 3.8) is 0 Å². The van der Waals surface area contributed by atoms with Crippen LogP contribution in [0.4, 0.5) is 5.82 Å². The Morgan fingerprint density at radius 2 is 1.73 bits per heavy atom. The minimum absolute atomic E-state index is 0.0126. The molecule has 4 aromatic heterocycles. The highest BCUT2D eigenvalue weighted by Gasteiger charge is 2.46. The van der Waals surface area contributed by atoms with Gasteiger partial charge in [-0.25, -0.2) is 18.4 Å². The molecule has 0 aliphatic carbocycles. The summed E-state index contributed by atoms with van der Waals surface area (Å²) in [4.78, 5) is 29.0. The van der Waals surface area contributed by atoms with Crippen LogP contribution in [-0.2, 0) is 9.84 Å². The van der Waals surface area contributed by atoms with E-state index in [-0.39, 0.29) is 40.4 Å². The van der Waals surface area contributed by atoms with Gasteiger partial charge in [-0.05, 0) is 62.9 Å². The molecule has 0 spiro atoms. The molecule has 0 radical (unpaired) electrons. The van der Waals surface area contributed by atoms with Gasteiger partial charge in [0.1, 0.15) is 22.3 Å². The van der Waals surface area contributed by atoms with Crippen molar-refractivity contribution in [1.82, 2.24) is 39.7 Å². The number of hydrogen-bond acceptors (Lipinski definition) is 10. The summed E-state index contributed by atoms with van der Waals surface area (Å²) in [6.45, 7) is 1.75. The number of piperidine rings is 1. The molecule has 2 saturated heterocycles. The zero-order valence-corrected chi connectivity index (χ0v) is 25.2. The Morgan fingerprint density at radius 1 is 1.02 bits per heavy atom. The number of aromatic amines is 1. The van der Waals surface area contributed by atoms with E-state index in [0.29, 0.717) is 35.6 Å². The quantitative estimate of drug-likeness (QED) is 0.289. The lowest BCUT2D eigenvalue weighted by atomic mass is 9.87. The van der Waals surface area contributed by atoms with E-state index in [9.17, 15) is 13.2 Å². The lowest BCUT2D eigenvalue weighted by Gasteiger charge is -2.38. The number of H-pyrrole nitrogens is 1. The number of methoxy groups -OCH3 is 1. The summed E-state index contributed by atoms with van der Waals surface area (Å²) in [5, 5.41) is 11.2. The van der Waals surface area contributed by atoms with Gasteiger partial charge in [-0.15, -0.1) is 5.10 Å². The molecule has 1 aromatic carbocycles. The van der Waals surface area contributed by atoms with Crippen molar-refractivity contribution in [1.29, 1.82) is 0 Å². The van der Waals surface area contributed by atoms with Crippen molar-refractivity contribution in [3.05, 3.63) is 66.1 Å². The molecule has 0 saturated carbocycles. The molecule has 3 atom stereocenters. The Morgan fingerprint density at radius 3 is 2.32 bits per heavy atom. The predicted octanol–water partition coefficient (Wildman–Crippen LogP) is 3.43. The lowest BCUT2D eigenvalue weighted by Crippen LogP contribution is -2.46. The number of anilines is 1. The molecule has 13 nitrogen and oxygen atoms in total. The van der Waals surface area contributed by atoms with E-state index in [4.69, 9.17) is 15.5 Å². The molecule has 2 aliphatic rings. The second kappa shape index (κ2) is 10.4. The summed E-state index contributed by atoms with van der Waals surface area (Å²) in [5.41, 5.74) is 10.6. The number of carbonyl (C=O) groups excluding carboxylic acids is 1. The van der Waals surface area contributed by atoms with Crippen LogP contribution in [0.2, 0.25) is 0 Å². The largest absolute Gasteiger partial charge is 0.497 e. The first kappa shape index (κ1) is 28.0. The van der Waals surface area contributed by atoms with E-state index in [1.54, 1.807) is 26.4 Å². The van der Waals surface area contributed by atoms with E-state index >= 15 is 0 Å². The number of pyridine rings is 1. The Hall–Kier alpha value is -4.85. The van der Waals surface area contributed by atoms with Gasteiger partial charge < -0.3 is 15.4 Å². The fourth-order valence-electron chi connectivity index (χ4n) is 6.65. The average Bonchev–Trinajstić information content (AvgIpc) is 3.71. The highest BCUT2D eigenvalue weighted by Crippen LogP contribution is 2.45. The highest BCUT2D eigenvalue weighted by molar-refractivity contribution is 7.91. The highest BCUT2D eigenvalue weighted by atomic mass is 32.2. The van der Waals surface area contributed by atoms with Crippen LogP contribution < -0.4 is 10.5 Å². The number of aryl methyl sites for hydroxylation is 1. The van der Waals surface area contributed by atoms with Gasteiger partial charge in [-0.1, -0.05) is 6.07 Å². The van der Waals surface area contributed by atoms with Crippen LogP contribution in [0.5, 0.6) is 5.75 Å². The molecule has 2 aliphatic heterocycles. The maximum atomic E-state index is 13.3. The van der Waals surface area contributed by atoms with Crippen molar-refractivity contribution in [2.24, 2.45) is 0 Å². The molecule has 3 N–H and O–H groups in total. The molecule has 14 heteroatoms. The summed E-state index contributed by atoms with van der Waals surface area (Å²) in [7, 11) is -2.14. The molecule has 226 valence electrons. The third kappa shape index (κ3) is 4.65. The summed E-state index contributed by atoms with van der Waals surface area (Å²) in [6, 6.07) is 11.3. The van der Waals surface area contributed by atoms with E-state index in [2.05, 4.69) is 25.3 Å². The third-order valence-electron chi connectivity index (χ3n) is 8.64. The molecule has 7 rings (SSSR count). The van der Waals surface area contributed by atoms with Crippen LogP contribution in [0.1, 0.15) is 53.7 Å². The summed E-state index contributed by atoms with van der Waals surface area (Å²) >= 11 is 0. The second-order valence-corrected chi connectivity index (χ2v) is 13.4. The summed E-state index contributed by atoms with van der Waals surface area (Å²) < 4.78 is 32.9. The SMILES string of the molecule is COc1ccc(-c2ccc(-c3cnn4c(N)c(S(C)(=O)=O)c(C5C[C@H]6CC[C@@H](C5)N6C(=O)c5n[nH]c(C)n5)nc34)cn2)cc1. The number of nitrogens with one attached hydrogen (secondary N) is 1. The van der Waals surface area contributed by atoms with Gasteiger partial charge in [-0.2, -0.15) is 9.61 Å². The topological polar surface area (TPSA) is 174 Å². The third-order valence-corrected chi connectivity index (χ3v) is 9.80. The van der Waals surface area contributed by atoms with Gasteiger partial charge in [0.15, 0.2) is 15.5 Å². The summed E-state index contributed by atoms with van der Waals surface area (Å²) in [6.07, 6.45) is 7.24. The first-order chi connectivity index (χ1) is 21.1. The number of hydrogen-bond donors (Lipinski definition) is 2. The van der Waals surface area contributed by atoms with Gasteiger partial charge >= 0.3 is 0 Å². The van der Waals surface area contributed by atoms with E-state index in [1.807, 2.05) is 41.3 Å². The fourth-order valence-corrected chi connectivity index (χ4v) is 7.71. The number of nitrogen functional groups attached to an aromatic ring is 1. The van der Waals surface area contributed by atoms with Crippen LogP contribution in [0, 0.1) is 6.92 Å². The number of nitrogens with zero attached hydrogens (tertiary/aromatic N) is 7. The van der Waals surface area contributed by atoms with Crippen LogP contribution >= 0.6 is 0 Å².